The lowest BCUT2D eigenvalue weighted by Gasteiger charge is -2.34. The minimum absolute atomic E-state index is 0.0602. The molecule has 0 spiro atoms. The molecule has 2 aromatic heterocycles. The first kappa shape index (κ1) is 25.9. The average molecular weight is 503 g/mol. The Morgan fingerprint density at radius 2 is 2.03 bits per heavy atom. The maximum absolute atomic E-state index is 15.1. The van der Waals surface area contributed by atoms with Crippen molar-refractivity contribution in [2.24, 2.45) is 25.4 Å². The minimum atomic E-state index is -0.483. The van der Waals surface area contributed by atoms with E-state index in [4.69, 9.17) is 9.72 Å². The van der Waals surface area contributed by atoms with Crippen LogP contribution in [-0.4, -0.2) is 57.9 Å². The summed E-state index contributed by atoms with van der Waals surface area (Å²) in [5, 5.41) is 2.90. The van der Waals surface area contributed by atoms with E-state index in [0.717, 1.165) is 17.4 Å². The highest BCUT2D eigenvalue weighted by Crippen LogP contribution is 2.39. The van der Waals surface area contributed by atoms with Gasteiger partial charge in [0.05, 0.1) is 19.1 Å². The van der Waals surface area contributed by atoms with Gasteiger partial charge in [0.1, 0.15) is 5.83 Å². The Balaban J connectivity index is 1.82. The van der Waals surface area contributed by atoms with Crippen LogP contribution in [0.3, 0.4) is 0 Å². The Kier molecular flexibility index (Phi) is 7.21. The van der Waals surface area contributed by atoms with Crippen molar-refractivity contribution in [1.82, 2.24) is 24.0 Å². The van der Waals surface area contributed by atoms with Crippen LogP contribution in [-0.2, 0) is 30.2 Å². The number of piperidine rings is 1. The van der Waals surface area contributed by atoms with Gasteiger partial charge in [-0.2, -0.15) is 4.98 Å². The first-order valence-corrected chi connectivity index (χ1v) is 12.3. The Morgan fingerprint density at radius 1 is 1.28 bits per heavy atom. The number of rotatable bonds is 7. The number of methoxy groups -OCH3 is 1. The predicted molar refractivity (Wildman–Crippen MR) is 136 cm³/mol. The molecular formula is C25H35FN6O4. The number of carbonyl (C=O) groups is 1. The monoisotopic (exact) mass is 502 g/mol. The van der Waals surface area contributed by atoms with Gasteiger partial charge in [0.2, 0.25) is 11.9 Å². The Labute approximate surface area is 209 Å². The van der Waals surface area contributed by atoms with E-state index in [1.54, 1.807) is 18.7 Å². The molecule has 196 valence electrons. The van der Waals surface area contributed by atoms with Gasteiger partial charge in [0.15, 0.2) is 11.2 Å². The third-order valence-electron chi connectivity index (χ3n) is 7.32. The summed E-state index contributed by atoms with van der Waals surface area (Å²) >= 11 is 0. The third kappa shape index (κ3) is 4.63. The van der Waals surface area contributed by atoms with Crippen molar-refractivity contribution in [2.75, 3.05) is 38.3 Å². The molecular weight excluding hydrogens is 467 g/mol. The van der Waals surface area contributed by atoms with Crippen LogP contribution < -0.4 is 21.5 Å². The number of halogens is 1. The molecule has 2 aliphatic rings. The van der Waals surface area contributed by atoms with E-state index >= 15 is 4.39 Å². The highest BCUT2D eigenvalue weighted by molar-refractivity contribution is 5.80. The largest absolute Gasteiger partial charge is 0.383 e. The normalized spacial score (nSPS) is 19.8. The van der Waals surface area contributed by atoms with Crippen LogP contribution in [0.1, 0.15) is 33.1 Å². The highest BCUT2D eigenvalue weighted by atomic mass is 19.1. The molecule has 36 heavy (non-hydrogen) atoms. The summed E-state index contributed by atoms with van der Waals surface area (Å²) in [6.45, 7) is 5.95. The van der Waals surface area contributed by atoms with Crippen LogP contribution in [0, 0.1) is 11.3 Å². The number of imidazole rings is 1. The standard InChI is InChI=1S/C25H35FN6O4/c1-25(2)10-6-9-18(26)17(25)15-32-19-20(29(3)24(35)30(4)22(19)34)28-23(32)31-12-7-8-16(14-31)21(33)27-11-13-36-5/h6,9,16H,7-8,10-15H2,1-5H3,(H,27,33). The van der Waals surface area contributed by atoms with Gasteiger partial charge in [0, 0.05) is 40.8 Å². The zero-order valence-corrected chi connectivity index (χ0v) is 21.6. The molecule has 1 unspecified atom stereocenters. The van der Waals surface area contributed by atoms with Crippen LogP contribution in [0.15, 0.2) is 33.1 Å². The zero-order chi connectivity index (χ0) is 26.2. The molecule has 4 rings (SSSR count). The molecule has 1 aliphatic carbocycles. The summed E-state index contributed by atoms with van der Waals surface area (Å²) in [6.07, 6.45) is 5.43. The fourth-order valence-corrected chi connectivity index (χ4v) is 5.07. The molecule has 0 bridgehead atoms. The predicted octanol–water partition coefficient (Wildman–Crippen LogP) is 1.62. The number of anilines is 1. The van der Waals surface area contributed by atoms with Crippen LogP contribution in [0.4, 0.5) is 10.3 Å². The van der Waals surface area contributed by atoms with E-state index in [1.807, 2.05) is 24.8 Å². The minimum Gasteiger partial charge on any atom is -0.383 e. The fourth-order valence-electron chi connectivity index (χ4n) is 5.07. The van der Waals surface area contributed by atoms with Crippen LogP contribution in [0.5, 0.6) is 0 Å². The van der Waals surface area contributed by atoms with Gasteiger partial charge in [0.25, 0.3) is 5.56 Å². The molecule has 1 saturated heterocycles. The van der Waals surface area contributed by atoms with Gasteiger partial charge in [-0.25, -0.2) is 9.18 Å². The van der Waals surface area contributed by atoms with Gasteiger partial charge < -0.3 is 15.0 Å². The number of ether oxygens (including phenoxy) is 1. The van der Waals surface area contributed by atoms with Crippen molar-refractivity contribution < 1.29 is 13.9 Å². The second kappa shape index (κ2) is 10.0. The Hall–Kier alpha value is -3.21. The van der Waals surface area contributed by atoms with Crippen molar-refractivity contribution in [3.8, 4) is 0 Å². The number of hydrogen-bond acceptors (Lipinski definition) is 6. The number of aryl methyl sites for hydroxylation is 1. The Bertz CT molecular complexity index is 1350. The highest BCUT2D eigenvalue weighted by Gasteiger charge is 2.33. The second-order valence-electron chi connectivity index (χ2n) is 10.3. The lowest BCUT2D eigenvalue weighted by Crippen LogP contribution is -2.44. The van der Waals surface area contributed by atoms with E-state index in [9.17, 15) is 14.4 Å². The number of nitrogens with zero attached hydrogens (tertiary/aromatic N) is 5. The first-order chi connectivity index (χ1) is 17.1. The van der Waals surface area contributed by atoms with Crippen molar-refractivity contribution in [3.63, 3.8) is 0 Å². The number of aromatic nitrogens is 4. The summed E-state index contributed by atoms with van der Waals surface area (Å²) in [7, 11) is 4.58. The zero-order valence-electron chi connectivity index (χ0n) is 21.6. The molecule has 0 aromatic carbocycles. The SMILES string of the molecule is COCCNC(=O)C1CCCN(c2nc3c(c(=O)n(C)c(=O)n3C)n2CC2=C(F)C=CCC2(C)C)C1. The average Bonchev–Trinajstić information content (AvgIpc) is 3.23. The molecule has 3 heterocycles. The van der Waals surface area contributed by atoms with Crippen LogP contribution >= 0.6 is 0 Å². The number of amides is 1. The molecule has 10 nitrogen and oxygen atoms in total. The quantitative estimate of drug-likeness (QED) is 0.578. The fraction of sp³-hybridized carbons (Fsp3) is 0.600. The summed E-state index contributed by atoms with van der Waals surface area (Å²) in [5.74, 6) is -0.186. The molecule has 0 radical (unpaired) electrons. The van der Waals surface area contributed by atoms with Gasteiger partial charge in [-0.15, -0.1) is 0 Å². The number of allylic oxidation sites excluding steroid dienone is 4. The maximum Gasteiger partial charge on any atom is 0.332 e. The number of nitrogens with one attached hydrogen (secondary N) is 1. The van der Waals surface area contributed by atoms with E-state index in [2.05, 4.69) is 5.32 Å². The topological polar surface area (TPSA) is 103 Å². The van der Waals surface area contributed by atoms with Crippen LogP contribution in [0.25, 0.3) is 11.2 Å². The lowest BCUT2D eigenvalue weighted by atomic mass is 9.78. The maximum atomic E-state index is 15.1. The summed E-state index contributed by atoms with van der Waals surface area (Å²) in [5.41, 5.74) is -0.370. The molecule has 1 amide bonds. The van der Waals surface area contributed by atoms with Gasteiger partial charge in [-0.1, -0.05) is 19.9 Å². The molecule has 1 aliphatic heterocycles. The molecule has 1 fully saturated rings. The summed E-state index contributed by atoms with van der Waals surface area (Å²) in [6, 6.07) is 0. The summed E-state index contributed by atoms with van der Waals surface area (Å²) < 4.78 is 24.2. The van der Waals surface area contributed by atoms with E-state index in [0.29, 0.717) is 44.2 Å². The molecule has 1 atom stereocenters. The van der Waals surface area contributed by atoms with E-state index < -0.39 is 16.7 Å². The van der Waals surface area contributed by atoms with Gasteiger partial charge in [-0.05, 0) is 36.3 Å². The second-order valence-corrected chi connectivity index (χ2v) is 10.3. The van der Waals surface area contributed by atoms with Gasteiger partial charge >= 0.3 is 5.69 Å². The van der Waals surface area contributed by atoms with Crippen molar-refractivity contribution in [1.29, 1.82) is 0 Å². The van der Waals surface area contributed by atoms with Crippen molar-refractivity contribution in [2.45, 2.75) is 39.7 Å². The van der Waals surface area contributed by atoms with Gasteiger partial charge in [-0.3, -0.25) is 23.3 Å². The lowest BCUT2D eigenvalue weighted by molar-refractivity contribution is -0.125. The molecule has 0 saturated carbocycles. The van der Waals surface area contributed by atoms with Crippen molar-refractivity contribution >= 4 is 23.0 Å². The number of fused-ring (bicyclic) bond motifs is 1. The Morgan fingerprint density at radius 3 is 2.72 bits per heavy atom. The number of hydrogen-bond donors (Lipinski definition) is 1. The smallest absolute Gasteiger partial charge is 0.332 e. The molecule has 11 heteroatoms. The van der Waals surface area contributed by atoms with Crippen LogP contribution in [0.2, 0.25) is 0 Å². The first-order valence-electron chi connectivity index (χ1n) is 12.3. The van der Waals surface area contributed by atoms with Crippen molar-refractivity contribution in [3.05, 3.63) is 44.4 Å². The number of carbonyl (C=O) groups excluding carboxylic acids is 1. The molecule has 2 aromatic rings. The summed E-state index contributed by atoms with van der Waals surface area (Å²) in [4.78, 5) is 45.4. The van der Waals surface area contributed by atoms with E-state index in [-0.39, 0.29) is 35.4 Å². The third-order valence-corrected chi connectivity index (χ3v) is 7.32. The van der Waals surface area contributed by atoms with E-state index in [1.165, 1.54) is 17.7 Å². The molecule has 1 N–H and O–H groups in total.